The van der Waals surface area contributed by atoms with Gasteiger partial charge in [0.1, 0.15) is 0 Å². The van der Waals surface area contributed by atoms with Gasteiger partial charge in [0, 0.05) is 26.1 Å². The Balaban J connectivity index is 0.00000361. The Morgan fingerprint density at radius 3 is 2.40 bits per heavy atom. The van der Waals surface area contributed by atoms with E-state index in [0.29, 0.717) is 32.6 Å². The highest BCUT2D eigenvalue weighted by Gasteiger charge is 2.24. The van der Waals surface area contributed by atoms with Crippen molar-refractivity contribution < 1.29 is 13.2 Å². The molecule has 1 saturated heterocycles. The van der Waals surface area contributed by atoms with Gasteiger partial charge >= 0.3 is 0 Å². The minimum atomic E-state index is -3.15. The zero-order chi connectivity index (χ0) is 14.1. The number of unbranched alkanes of at least 4 members (excludes halogenated alkanes) is 1. The predicted octanol–water partition coefficient (Wildman–Crippen LogP) is 0.469. The van der Waals surface area contributed by atoms with Gasteiger partial charge in [-0.1, -0.05) is 0 Å². The van der Waals surface area contributed by atoms with Gasteiger partial charge < -0.3 is 11.1 Å². The summed E-state index contributed by atoms with van der Waals surface area (Å²) in [5.41, 5.74) is 5.35. The lowest BCUT2D eigenvalue weighted by Gasteiger charge is -2.15. The van der Waals surface area contributed by atoms with Crippen LogP contribution in [0.5, 0.6) is 0 Å². The molecule has 0 aliphatic carbocycles. The van der Waals surface area contributed by atoms with E-state index < -0.39 is 10.0 Å². The number of rotatable bonds is 9. The van der Waals surface area contributed by atoms with Crippen LogP contribution in [0.4, 0.5) is 0 Å². The van der Waals surface area contributed by atoms with Crippen molar-refractivity contribution in [1.29, 1.82) is 0 Å². The fourth-order valence-electron chi connectivity index (χ4n) is 2.10. The number of nitrogens with one attached hydrogen (secondary N) is 1. The van der Waals surface area contributed by atoms with E-state index in [9.17, 15) is 13.2 Å². The third-order valence-corrected chi connectivity index (χ3v) is 5.17. The van der Waals surface area contributed by atoms with Gasteiger partial charge in [0.25, 0.3) is 0 Å². The van der Waals surface area contributed by atoms with Crippen LogP contribution in [0.1, 0.15) is 38.5 Å². The second kappa shape index (κ2) is 10.4. The Hall–Kier alpha value is -0.370. The summed E-state index contributed by atoms with van der Waals surface area (Å²) >= 11 is 0. The SMILES string of the molecule is Cl.NCCCCNC(=O)CCCS(=O)(=O)N1CCCC1. The molecule has 1 fully saturated rings. The van der Waals surface area contributed by atoms with Crippen LogP contribution >= 0.6 is 12.4 Å². The number of carbonyl (C=O) groups excluding carboxylic acids is 1. The summed E-state index contributed by atoms with van der Waals surface area (Å²) in [4.78, 5) is 11.5. The highest BCUT2D eigenvalue weighted by atomic mass is 35.5. The van der Waals surface area contributed by atoms with Crippen LogP contribution in [0, 0.1) is 0 Å². The van der Waals surface area contributed by atoms with Gasteiger partial charge in [-0.3, -0.25) is 4.79 Å². The first kappa shape index (κ1) is 19.6. The first-order valence-corrected chi connectivity index (χ1v) is 8.62. The van der Waals surface area contributed by atoms with Crippen LogP contribution < -0.4 is 11.1 Å². The summed E-state index contributed by atoms with van der Waals surface area (Å²) in [5, 5.41) is 2.77. The average molecular weight is 328 g/mol. The molecule has 0 radical (unpaired) electrons. The molecule has 0 spiro atoms. The minimum Gasteiger partial charge on any atom is -0.356 e. The number of hydrogen-bond acceptors (Lipinski definition) is 4. The summed E-state index contributed by atoms with van der Waals surface area (Å²) in [7, 11) is -3.15. The highest BCUT2D eigenvalue weighted by Crippen LogP contribution is 2.14. The number of hydrogen-bond donors (Lipinski definition) is 2. The van der Waals surface area contributed by atoms with Crippen molar-refractivity contribution in [3.8, 4) is 0 Å². The molecule has 1 amide bonds. The van der Waals surface area contributed by atoms with E-state index in [-0.39, 0.29) is 30.5 Å². The minimum absolute atomic E-state index is 0. The first-order valence-electron chi connectivity index (χ1n) is 7.01. The summed E-state index contributed by atoms with van der Waals surface area (Å²) in [6.45, 7) is 2.51. The molecule has 0 aromatic rings. The maximum absolute atomic E-state index is 11.9. The van der Waals surface area contributed by atoms with Crippen molar-refractivity contribution in [2.45, 2.75) is 38.5 Å². The van der Waals surface area contributed by atoms with Gasteiger partial charge in [-0.05, 0) is 38.6 Å². The Morgan fingerprint density at radius 1 is 1.15 bits per heavy atom. The van der Waals surface area contributed by atoms with Gasteiger partial charge in [-0.2, -0.15) is 0 Å². The molecule has 120 valence electrons. The van der Waals surface area contributed by atoms with Gasteiger partial charge in [-0.25, -0.2) is 12.7 Å². The molecule has 1 rings (SSSR count). The monoisotopic (exact) mass is 327 g/mol. The lowest BCUT2D eigenvalue weighted by Crippen LogP contribution is -2.31. The van der Waals surface area contributed by atoms with E-state index in [1.54, 1.807) is 0 Å². The number of carbonyl (C=O) groups is 1. The van der Waals surface area contributed by atoms with Crippen molar-refractivity contribution in [2.75, 3.05) is 31.9 Å². The van der Waals surface area contributed by atoms with E-state index in [1.807, 2.05) is 0 Å². The largest absolute Gasteiger partial charge is 0.356 e. The van der Waals surface area contributed by atoms with Gasteiger partial charge in [0.05, 0.1) is 5.75 Å². The van der Waals surface area contributed by atoms with Gasteiger partial charge in [0.15, 0.2) is 0 Å². The Kier molecular flexibility index (Phi) is 10.2. The maximum atomic E-state index is 11.9. The van der Waals surface area contributed by atoms with E-state index in [0.717, 1.165) is 25.7 Å². The van der Waals surface area contributed by atoms with E-state index in [2.05, 4.69) is 5.32 Å². The second-order valence-electron chi connectivity index (χ2n) is 4.87. The number of nitrogens with two attached hydrogens (primary N) is 1. The molecule has 20 heavy (non-hydrogen) atoms. The standard InChI is InChI=1S/C12H25N3O3S.ClH/c13-7-1-2-8-14-12(16)6-5-11-19(17,18)15-9-3-4-10-15;/h1-11,13H2,(H,14,16);1H. The molecule has 8 heteroatoms. The van der Waals surface area contributed by atoms with Crippen LogP contribution in [0.15, 0.2) is 0 Å². The number of amides is 1. The lowest BCUT2D eigenvalue weighted by molar-refractivity contribution is -0.121. The van der Waals surface area contributed by atoms with Crippen LogP contribution in [0.2, 0.25) is 0 Å². The van der Waals surface area contributed by atoms with Crippen molar-refractivity contribution in [3.63, 3.8) is 0 Å². The summed E-state index contributed by atoms with van der Waals surface area (Å²) in [6, 6.07) is 0. The van der Waals surface area contributed by atoms with Crippen LogP contribution in [-0.2, 0) is 14.8 Å². The fraction of sp³-hybridized carbons (Fsp3) is 0.917. The smallest absolute Gasteiger partial charge is 0.220 e. The van der Waals surface area contributed by atoms with Crippen molar-refractivity contribution in [2.24, 2.45) is 5.73 Å². The molecule has 1 aliphatic rings. The number of nitrogens with zero attached hydrogens (tertiary/aromatic N) is 1. The van der Waals surface area contributed by atoms with Gasteiger partial charge in [-0.15, -0.1) is 12.4 Å². The van der Waals surface area contributed by atoms with Crippen molar-refractivity contribution in [1.82, 2.24) is 9.62 Å². The zero-order valence-corrected chi connectivity index (χ0v) is 13.5. The lowest BCUT2D eigenvalue weighted by atomic mass is 10.3. The molecule has 0 bridgehead atoms. The number of halogens is 1. The molecular weight excluding hydrogens is 302 g/mol. The van der Waals surface area contributed by atoms with Crippen molar-refractivity contribution in [3.05, 3.63) is 0 Å². The Bertz CT molecular complexity index is 370. The van der Waals surface area contributed by atoms with Crippen LogP contribution in [0.3, 0.4) is 0 Å². The van der Waals surface area contributed by atoms with Crippen LogP contribution in [-0.4, -0.2) is 50.6 Å². The summed E-state index contributed by atoms with van der Waals surface area (Å²) in [5.74, 6) is -0.00269. The predicted molar refractivity (Wildman–Crippen MR) is 82.4 cm³/mol. The molecule has 0 saturated carbocycles. The third kappa shape index (κ3) is 7.42. The van der Waals surface area contributed by atoms with Crippen LogP contribution in [0.25, 0.3) is 0 Å². The molecule has 1 aliphatic heterocycles. The quantitative estimate of drug-likeness (QED) is 0.602. The maximum Gasteiger partial charge on any atom is 0.220 e. The topological polar surface area (TPSA) is 92.5 Å². The highest BCUT2D eigenvalue weighted by molar-refractivity contribution is 7.89. The zero-order valence-electron chi connectivity index (χ0n) is 11.8. The molecule has 6 nitrogen and oxygen atoms in total. The molecule has 0 unspecified atom stereocenters. The van der Waals surface area contributed by atoms with Gasteiger partial charge in [0.2, 0.25) is 15.9 Å². The molecule has 0 aromatic heterocycles. The summed E-state index contributed by atoms with van der Waals surface area (Å²) in [6.07, 6.45) is 4.32. The third-order valence-electron chi connectivity index (χ3n) is 3.22. The van der Waals surface area contributed by atoms with E-state index in [1.165, 1.54) is 4.31 Å². The van der Waals surface area contributed by atoms with E-state index in [4.69, 9.17) is 5.73 Å². The molecule has 0 atom stereocenters. The van der Waals surface area contributed by atoms with E-state index >= 15 is 0 Å². The van der Waals surface area contributed by atoms with Crippen molar-refractivity contribution >= 4 is 28.3 Å². The fourth-order valence-corrected chi connectivity index (χ4v) is 3.68. The molecule has 0 aromatic carbocycles. The average Bonchev–Trinajstić information content (AvgIpc) is 2.89. The Morgan fingerprint density at radius 2 is 1.80 bits per heavy atom. The first-order chi connectivity index (χ1) is 9.06. The second-order valence-corrected chi connectivity index (χ2v) is 6.96. The molecular formula is C12H26ClN3O3S. The normalized spacial score (nSPS) is 15.8. The molecule has 3 N–H and O–H groups in total. The molecule has 1 heterocycles. The summed E-state index contributed by atoms with van der Waals surface area (Å²) < 4.78 is 25.3. The number of sulfonamides is 1. The Labute approximate surface area is 127 Å².